The summed E-state index contributed by atoms with van der Waals surface area (Å²) in [7, 11) is 0. The molecule has 1 N–H and O–H groups in total. The fraction of sp³-hybridized carbons (Fsp3) is 0.474. The molecule has 2 aliphatic heterocycles. The second kappa shape index (κ2) is 6.65. The number of aromatic nitrogens is 3. The third kappa shape index (κ3) is 2.94. The van der Waals surface area contributed by atoms with Crippen LogP contribution < -0.4 is 0 Å². The number of hydrogen-bond donors (Lipinski definition) is 1. The Kier molecular flexibility index (Phi) is 4.40. The van der Waals surface area contributed by atoms with E-state index in [2.05, 4.69) is 15.2 Å². The van der Waals surface area contributed by atoms with Crippen molar-refractivity contribution in [3.05, 3.63) is 47.0 Å². The average molecular weight is 389 g/mol. The van der Waals surface area contributed by atoms with Crippen LogP contribution >= 0.6 is 0 Å². The summed E-state index contributed by atoms with van der Waals surface area (Å²) in [6.45, 7) is 5.19. The van der Waals surface area contributed by atoms with Crippen LogP contribution in [0.5, 0.6) is 0 Å². The van der Waals surface area contributed by atoms with Crippen LogP contribution in [0, 0.1) is 24.5 Å². The Balaban J connectivity index is 1.61. The number of rotatable bonds is 2. The van der Waals surface area contributed by atoms with Crippen LogP contribution in [0.3, 0.4) is 0 Å². The lowest BCUT2D eigenvalue weighted by atomic mass is 9.71. The number of hydrogen-bond acceptors (Lipinski definition) is 4. The van der Waals surface area contributed by atoms with Crippen LogP contribution in [0.25, 0.3) is 0 Å². The molecule has 1 aromatic carbocycles. The van der Waals surface area contributed by atoms with E-state index in [0.717, 1.165) is 12.1 Å². The molecule has 148 valence electrons. The second-order valence-corrected chi connectivity index (χ2v) is 7.63. The summed E-state index contributed by atoms with van der Waals surface area (Å²) in [6, 6.07) is 3.17. The minimum atomic E-state index is -1.04. The number of likely N-dealkylation sites (tertiary alicyclic amines) is 2. The van der Waals surface area contributed by atoms with Gasteiger partial charge in [0, 0.05) is 44.6 Å². The molecule has 2 atom stereocenters. The predicted molar refractivity (Wildman–Crippen MR) is 95.4 cm³/mol. The molecule has 0 aliphatic carbocycles. The molecule has 4 rings (SSSR count). The van der Waals surface area contributed by atoms with Crippen molar-refractivity contribution in [2.24, 2.45) is 5.92 Å². The maximum atomic E-state index is 13.5. The van der Waals surface area contributed by atoms with Gasteiger partial charge in [0.05, 0.1) is 5.41 Å². The molecule has 2 aromatic rings. The molecule has 0 saturated carbocycles. The molecule has 1 aromatic heterocycles. The number of nitrogens with zero attached hydrogens (tertiary/aromatic N) is 4. The number of aryl methyl sites for hydroxylation is 1. The third-order valence-corrected chi connectivity index (χ3v) is 5.91. The number of fused-ring (bicyclic) bond motifs is 1. The summed E-state index contributed by atoms with van der Waals surface area (Å²) in [6.07, 6.45) is 0.591. The Morgan fingerprint density at radius 1 is 1.21 bits per heavy atom. The Morgan fingerprint density at radius 2 is 1.96 bits per heavy atom. The van der Waals surface area contributed by atoms with E-state index >= 15 is 0 Å². The van der Waals surface area contributed by atoms with Crippen molar-refractivity contribution in [2.75, 3.05) is 26.2 Å². The number of halogens is 2. The number of piperidine rings is 1. The van der Waals surface area contributed by atoms with Crippen LogP contribution in [0.15, 0.2) is 18.2 Å². The van der Waals surface area contributed by atoms with Crippen LogP contribution in [0.1, 0.15) is 35.4 Å². The van der Waals surface area contributed by atoms with Gasteiger partial charge in [-0.3, -0.25) is 14.7 Å². The first-order chi connectivity index (χ1) is 13.3. The first kappa shape index (κ1) is 18.5. The monoisotopic (exact) mass is 389 g/mol. The number of aromatic amines is 1. The van der Waals surface area contributed by atoms with Crippen molar-refractivity contribution in [3.63, 3.8) is 0 Å². The van der Waals surface area contributed by atoms with Crippen molar-refractivity contribution < 1.29 is 18.4 Å². The predicted octanol–water partition coefficient (Wildman–Crippen LogP) is 1.65. The molecule has 28 heavy (non-hydrogen) atoms. The summed E-state index contributed by atoms with van der Waals surface area (Å²) in [5.74, 6) is -1.07. The lowest BCUT2D eigenvalue weighted by Gasteiger charge is -2.41. The van der Waals surface area contributed by atoms with Gasteiger partial charge in [0.25, 0.3) is 5.91 Å². The zero-order chi connectivity index (χ0) is 20.1. The summed E-state index contributed by atoms with van der Waals surface area (Å²) in [5.41, 5.74) is -0.303. The summed E-state index contributed by atoms with van der Waals surface area (Å²) in [5, 5.41) is 7.21. The van der Waals surface area contributed by atoms with Gasteiger partial charge in [0.15, 0.2) is 17.5 Å². The van der Waals surface area contributed by atoms with Gasteiger partial charge in [0.2, 0.25) is 5.91 Å². The van der Waals surface area contributed by atoms with Crippen molar-refractivity contribution in [1.29, 1.82) is 0 Å². The van der Waals surface area contributed by atoms with Crippen molar-refractivity contribution in [3.8, 4) is 0 Å². The molecule has 9 heteroatoms. The number of benzene rings is 1. The van der Waals surface area contributed by atoms with Gasteiger partial charge >= 0.3 is 0 Å². The Hall–Kier alpha value is -2.84. The van der Waals surface area contributed by atoms with Crippen molar-refractivity contribution >= 4 is 11.8 Å². The molecule has 2 amide bonds. The molecule has 0 bridgehead atoms. The van der Waals surface area contributed by atoms with Crippen LogP contribution in [-0.2, 0) is 10.2 Å². The molecule has 2 aliphatic rings. The molecule has 2 saturated heterocycles. The molecule has 2 fully saturated rings. The number of carbonyl (C=O) groups excluding carboxylic acids is 2. The fourth-order valence-corrected chi connectivity index (χ4v) is 4.35. The summed E-state index contributed by atoms with van der Waals surface area (Å²) in [4.78, 5) is 32.7. The van der Waals surface area contributed by atoms with Gasteiger partial charge in [-0.2, -0.15) is 5.10 Å². The second-order valence-electron chi connectivity index (χ2n) is 7.63. The number of nitrogens with one attached hydrogen (secondary N) is 1. The number of H-pyrrole nitrogens is 1. The van der Waals surface area contributed by atoms with Gasteiger partial charge in [-0.15, -0.1) is 0 Å². The molecular formula is C19H21F2N5O2. The molecular weight excluding hydrogens is 368 g/mol. The smallest absolute Gasteiger partial charge is 0.253 e. The minimum absolute atomic E-state index is 0.0282. The maximum Gasteiger partial charge on any atom is 0.253 e. The lowest BCUT2D eigenvalue weighted by Crippen LogP contribution is -2.51. The van der Waals surface area contributed by atoms with Gasteiger partial charge in [0.1, 0.15) is 5.82 Å². The Bertz CT molecular complexity index is 946. The minimum Gasteiger partial charge on any atom is -0.342 e. The Labute approximate surface area is 160 Å². The first-order valence-corrected chi connectivity index (χ1v) is 9.19. The summed E-state index contributed by atoms with van der Waals surface area (Å²) < 4.78 is 26.7. The Morgan fingerprint density at radius 3 is 2.61 bits per heavy atom. The van der Waals surface area contributed by atoms with Crippen LogP contribution in [-0.4, -0.2) is 63.0 Å². The van der Waals surface area contributed by atoms with E-state index in [1.807, 2.05) is 6.92 Å². The van der Waals surface area contributed by atoms with Gasteiger partial charge in [-0.25, -0.2) is 13.8 Å². The molecule has 3 heterocycles. The van der Waals surface area contributed by atoms with Gasteiger partial charge in [-0.05, 0) is 31.5 Å². The lowest BCUT2D eigenvalue weighted by molar-refractivity contribution is -0.128. The zero-order valence-corrected chi connectivity index (χ0v) is 15.7. The zero-order valence-electron chi connectivity index (χ0n) is 15.7. The highest BCUT2D eigenvalue weighted by Gasteiger charge is 2.54. The van der Waals surface area contributed by atoms with E-state index in [0.29, 0.717) is 44.2 Å². The van der Waals surface area contributed by atoms with E-state index in [4.69, 9.17) is 0 Å². The van der Waals surface area contributed by atoms with E-state index in [-0.39, 0.29) is 23.3 Å². The quantitative estimate of drug-likeness (QED) is 0.847. The SMILES string of the molecule is CC(=O)N1CC2CN(C(=O)c3ccc(F)c(F)c3)CCC2(c2n[nH]c(C)n2)C1. The molecule has 0 radical (unpaired) electrons. The molecule has 7 nitrogen and oxygen atoms in total. The van der Waals surface area contributed by atoms with E-state index in [1.54, 1.807) is 9.80 Å². The fourth-order valence-electron chi connectivity index (χ4n) is 4.35. The topological polar surface area (TPSA) is 82.2 Å². The first-order valence-electron chi connectivity index (χ1n) is 9.19. The third-order valence-electron chi connectivity index (χ3n) is 5.91. The highest BCUT2D eigenvalue weighted by molar-refractivity contribution is 5.94. The van der Waals surface area contributed by atoms with E-state index in [1.165, 1.54) is 13.0 Å². The number of carbonyl (C=O) groups is 2. The van der Waals surface area contributed by atoms with Crippen LogP contribution in [0.2, 0.25) is 0 Å². The highest BCUT2D eigenvalue weighted by Crippen LogP contribution is 2.44. The van der Waals surface area contributed by atoms with Gasteiger partial charge in [-0.1, -0.05) is 0 Å². The number of amides is 2. The van der Waals surface area contributed by atoms with Crippen molar-refractivity contribution in [2.45, 2.75) is 25.7 Å². The maximum absolute atomic E-state index is 13.5. The highest BCUT2D eigenvalue weighted by atomic mass is 19.2. The normalized spacial score (nSPS) is 24.4. The molecule has 2 unspecified atom stereocenters. The van der Waals surface area contributed by atoms with E-state index < -0.39 is 17.0 Å². The van der Waals surface area contributed by atoms with E-state index in [9.17, 15) is 18.4 Å². The summed E-state index contributed by atoms with van der Waals surface area (Å²) >= 11 is 0. The largest absolute Gasteiger partial charge is 0.342 e. The molecule has 0 spiro atoms. The average Bonchev–Trinajstić information content (AvgIpc) is 3.27. The van der Waals surface area contributed by atoms with Gasteiger partial charge < -0.3 is 9.80 Å². The van der Waals surface area contributed by atoms with Crippen LogP contribution in [0.4, 0.5) is 8.78 Å². The van der Waals surface area contributed by atoms with Crippen molar-refractivity contribution in [1.82, 2.24) is 25.0 Å². The standard InChI is InChI=1S/C19H21F2N5O2/c1-11-22-18(24-23-11)19-5-6-25(8-14(19)9-26(10-19)12(2)27)17(28)13-3-4-15(20)16(21)7-13/h3-4,7,14H,5-6,8-10H2,1-2H3,(H,22,23,24).